The van der Waals surface area contributed by atoms with E-state index in [9.17, 15) is 9.18 Å². The van der Waals surface area contributed by atoms with E-state index >= 15 is 0 Å². The summed E-state index contributed by atoms with van der Waals surface area (Å²) in [6, 6.07) is 7.32. The fourth-order valence-corrected chi connectivity index (χ4v) is 1.54. The predicted octanol–water partition coefficient (Wildman–Crippen LogP) is 2.36. The highest BCUT2D eigenvalue weighted by atomic mass is 19.1. The number of pyridine rings is 1. The summed E-state index contributed by atoms with van der Waals surface area (Å²) >= 11 is 0. The number of aryl methyl sites for hydroxylation is 1. The van der Waals surface area contributed by atoms with Gasteiger partial charge in [0.1, 0.15) is 11.5 Å². The molecule has 0 aliphatic carbocycles. The summed E-state index contributed by atoms with van der Waals surface area (Å²) in [7, 11) is 0. The van der Waals surface area contributed by atoms with Crippen LogP contribution in [-0.4, -0.2) is 10.9 Å². The van der Waals surface area contributed by atoms with Crippen molar-refractivity contribution in [1.29, 1.82) is 0 Å². The van der Waals surface area contributed by atoms with Crippen LogP contribution in [0.1, 0.15) is 16.1 Å². The Bertz CT molecular complexity index is 599. The largest absolute Gasteiger partial charge is 0.397 e. The Labute approximate surface area is 104 Å². The second kappa shape index (κ2) is 4.83. The van der Waals surface area contributed by atoms with Gasteiger partial charge in [-0.15, -0.1) is 0 Å². The number of anilines is 2. The number of nitrogens with zero attached hydrogens (tertiary/aromatic N) is 1. The van der Waals surface area contributed by atoms with Crippen LogP contribution in [0.25, 0.3) is 0 Å². The van der Waals surface area contributed by atoms with Crippen molar-refractivity contribution in [2.75, 3.05) is 11.1 Å². The number of nitrogens with one attached hydrogen (secondary N) is 1. The predicted molar refractivity (Wildman–Crippen MR) is 67.7 cm³/mol. The van der Waals surface area contributed by atoms with Gasteiger partial charge in [-0.1, -0.05) is 6.07 Å². The average molecular weight is 245 g/mol. The Morgan fingerprint density at radius 3 is 2.89 bits per heavy atom. The van der Waals surface area contributed by atoms with E-state index in [1.54, 1.807) is 19.1 Å². The zero-order valence-electron chi connectivity index (χ0n) is 9.77. The van der Waals surface area contributed by atoms with Gasteiger partial charge >= 0.3 is 0 Å². The van der Waals surface area contributed by atoms with Gasteiger partial charge in [-0.25, -0.2) is 4.39 Å². The Morgan fingerprint density at radius 2 is 2.17 bits per heavy atom. The monoisotopic (exact) mass is 245 g/mol. The molecule has 0 radical (unpaired) electrons. The Morgan fingerprint density at radius 1 is 1.39 bits per heavy atom. The molecular formula is C13H12FN3O. The summed E-state index contributed by atoms with van der Waals surface area (Å²) in [6.07, 6.45) is 1.52. The van der Waals surface area contributed by atoms with Crippen molar-refractivity contribution in [2.45, 2.75) is 6.92 Å². The van der Waals surface area contributed by atoms with Gasteiger partial charge in [-0.2, -0.15) is 0 Å². The Balaban J connectivity index is 2.27. The van der Waals surface area contributed by atoms with E-state index in [-0.39, 0.29) is 5.69 Å². The van der Waals surface area contributed by atoms with Crippen molar-refractivity contribution < 1.29 is 9.18 Å². The number of nitrogen functional groups attached to an aromatic ring is 1. The molecule has 0 aliphatic rings. The van der Waals surface area contributed by atoms with E-state index in [1.165, 1.54) is 24.4 Å². The van der Waals surface area contributed by atoms with Gasteiger partial charge in [-0.05, 0) is 36.8 Å². The van der Waals surface area contributed by atoms with Gasteiger partial charge in [0, 0.05) is 6.20 Å². The molecule has 0 saturated carbocycles. The van der Waals surface area contributed by atoms with Crippen molar-refractivity contribution in [3.05, 3.63) is 53.6 Å². The number of amides is 1. The first-order valence-corrected chi connectivity index (χ1v) is 5.36. The van der Waals surface area contributed by atoms with E-state index in [0.29, 0.717) is 11.4 Å². The maximum absolute atomic E-state index is 13.1. The molecule has 3 N–H and O–H groups in total. The average Bonchev–Trinajstić information content (AvgIpc) is 2.34. The third-order valence-electron chi connectivity index (χ3n) is 2.49. The second-order valence-corrected chi connectivity index (χ2v) is 3.85. The molecule has 0 fully saturated rings. The summed E-state index contributed by atoms with van der Waals surface area (Å²) in [5, 5.41) is 2.54. The topological polar surface area (TPSA) is 68.0 Å². The molecule has 0 atom stereocenters. The number of nitrogens with two attached hydrogens (primary N) is 1. The number of carbonyl (C=O) groups excluding carboxylic acids is 1. The fraction of sp³-hybridized carbons (Fsp3) is 0.0769. The minimum atomic E-state index is -0.461. The molecule has 1 aromatic carbocycles. The van der Waals surface area contributed by atoms with Gasteiger partial charge in [-0.3, -0.25) is 9.78 Å². The smallest absolute Gasteiger partial charge is 0.274 e. The lowest BCUT2D eigenvalue weighted by Crippen LogP contribution is -2.16. The molecule has 2 rings (SSSR count). The molecule has 1 amide bonds. The van der Waals surface area contributed by atoms with Gasteiger partial charge < -0.3 is 11.1 Å². The van der Waals surface area contributed by atoms with E-state index < -0.39 is 11.7 Å². The van der Waals surface area contributed by atoms with Crippen molar-refractivity contribution in [1.82, 2.24) is 4.98 Å². The second-order valence-electron chi connectivity index (χ2n) is 3.85. The third kappa shape index (κ3) is 2.45. The SMILES string of the molecule is Cc1cccnc1C(=O)Nc1cc(F)ccc1N. The van der Waals surface area contributed by atoms with Crippen LogP contribution >= 0.6 is 0 Å². The van der Waals surface area contributed by atoms with Crippen LogP contribution in [-0.2, 0) is 0 Å². The van der Waals surface area contributed by atoms with Gasteiger partial charge in [0.05, 0.1) is 11.4 Å². The molecule has 5 heteroatoms. The van der Waals surface area contributed by atoms with Gasteiger partial charge in [0.25, 0.3) is 5.91 Å². The van der Waals surface area contributed by atoms with Crippen molar-refractivity contribution in [2.24, 2.45) is 0 Å². The van der Waals surface area contributed by atoms with E-state index in [0.717, 1.165) is 5.56 Å². The van der Waals surface area contributed by atoms with Crippen LogP contribution < -0.4 is 11.1 Å². The number of halogens is 1. The molecule has 0 aliphatic heterocycles. The number of hydrogen-bond acceptors (Lipinski definition) is 3. The molecule has 0 spiro atoms. The number of rotatable bonds is 2. The maximum Gasteiger partial charge on any atom is 0.274 e. The molecule has 18 heavy (non-hydrogen) atoms. The first kappa shape index (κ1) is 12.0. The fourth-order valence-electron chi connectivity index (χ4n) is 1.54. The van der Waals surface area contributed by atoms with Crippen LogP contribution in [0.3, 0.4) is 0 Å². The number of benzene rings is 1. The van der Waals surface area contributed by atoms with Crippen molar-refractivity contribution in [3.63, 3.8) is 0 Å². The zero-order chi connectivity index (χ0) is 13.1. The highest BCUT2D eigenvalue weighted by molar-refractivity contribution is 6.05. The molecule has 0 unspecified atom stereocenters. The third-order valence-corrected chi connectivity index (χ3v) is 2.49. The summed E-state index contributed by atoms with van der Waals surface area (Å²) in [4.78, 5) is 15.9. The molecular weight excluding hydrogens is 233 g/mol. The summed E-state index contributed by atoms with van der Waals surface area (Å²) in [5.41, 5.74) is 7.23. The maximum atomic E-state index is 13.1. The first-order valence-electron chi connectivity index (χ1n) is 5.36. The lowest BCUT2D eigenvalue weighted by Gasteiger charge is -2.09. The molecule has 92 valence electrons. The lowest BCUT2D eigenvalue weighted by molar-refractivity contribution is 0.102. The minimum Gasteiger partial charge on any atom is -0.397 e. The van der Waals surface area contributed by atoms with Crippen molar-refractivity contribution in [3.8, 4) is 0 Å². The number of hydrogen-bond donors (Lipinski definition) is 2. The molecule has 0 bridgehead atoms. The standard InChI is InChI=1S/C13H12FN3O/c1-8-3-2-6-16-12(8)13(18)17-11-7-9(14)4-5-10(11)15/h2-7H,15H2,1H3,(H,17,18). The number of aromatic nitrogens is 1. The van der Waals surface area contributed by atoms with Crippen LogP contribution in [0.5, 0.6) is 0 Å². The molecule has 1 heterocycles. The molecule has 1 aromatic heterocycles. The summed E-state index contributed by atoms with van der Waals surface area (Å²) < 4.78 is 13.1. The van der Waals surface area contributed by atoms with E-state index in [1.807, 2.05) is 0 Å². The highest BCUT2D eigenvalue weighted by Crippen LogP contribution is 2.20. The number of carbonyl (C=O) groups is 1. The van der Waals surface area contributed by atoms with Crippen LogP contribution in [0.15, 0.2) is 36.5 Å². The van der Waals surface area contributed by atoms with Crippen LogP contribution in [0, 0.1) is 12.7 Å². The molecule has 0 saturated heterocycles. The van der Waals surface area contributed by atoms with E-state index in [4.69, 9.17) is 5.73 Å². The van der Waals surface area contributed by atoms with Crippen molar-refractivity contribution >= 4 is 17.3 Å². The van der Waals surface area contributed by atoms with Gasteiger partial charge in [0.15, 0.2) is 0 Å². The first-order chi connectivity index (χ1) is 8.58. The summed E-state index contributed by atoms with van der Waals surface area (Å²) in [5.74, 6) is -0.873. The quantitative estimate of drug-likeness (QED) is 0.798. The zero-order valence-corrected chi connectivity index (χ0v) is 9.77. The Kier molecular flexibility index (Phi) is 3.23. The Hall–Kier alpha value is -2.43. The minimum absolute atomic E-state index is 0.241. The van der Waals surface area contributed by atoms with Crippen LogP contribution in [0.4, 0.5) is 15.8 Å². The van der Waals surface area contributed by atoms with Crippen LogP contribution in [0.2, 0.25) is 0 Å². The molecule has 4 nitrogen and oxygen atoms in total. The highest BCUT2D eigenvalue weighted by Gasteiger charge is 2.12. The lowest BCUT2D eigenvalue weighted by atomic mass is 10.2. The molecule has 2 aromatic rings. The van der Waals surface area contributed by atoms with E-state index in [2.05, 4.69) is 10.3 Å². The summed E-state index contributed by atoms with van der Waals surface area (Å²) in [6.45, 7) is 1.77. The van der Waals surface area contributed by atoms with Gasteiger partial charge in [0.2, 0.25) is 0 Å². The normalized spacial score (nSPS) is 10.1.